The average Bonchev–Trinajstić information content (AvgIpc) is 3.04. The fourth-order valence-corrected chi connectivity index (χ4v) is 5.49. The fourth-order valence-electron chi connectivity index (χ4n) is 5.49. The summed E-state index contributed by atoms with van der Waals surface area (Å²) in [6.07, 6.45) is 4.08. The van der Waals surface area contributed by atoms with E-state index in [1.54, 1.807) is 13.2 Å². The van der Waals surface area contributed by atoms with Crippen LogP contribution in [0.4, 0.5) is 4.79 Å². The number of imide groups is 1. The number of amides is 4. The lowest BCUT2D eigenvalue weighted by Gasteiger charge is -2.59. The number of hydrogen-bond acceptors (Lipinski definition) is 6. The molecule has 5 rings (SSSR count). The summed E-state index contributed by atoms with van der Waals surface area (Å²) < 4.78 is 11.2. The predicted molar refractivity (Wildman–Crippen MR) is 111 cm³/mol. The van der Waals surface area contributed by atoms with Crippen LogP contribution in [0.2, 0.25) is 0 Å². The monoisotopic (exact) mass is 441 g/mol. The lowest BCUT2D eigenvalue weighted by molar-refractivity contribution is -0.216. The summed E-state index contributed by atoms with van der Waals surface area (Å²) in [4.78, 5) is 50.3. The van der Waals surface area contributed by atoms with Crippen molar-refractivity contribution in [2.75, 3.05) is 7.11 Å². The normalized spacial score (nSPS) is 28.0. The average molecular weight is 441 g/mol. The second kappa shape index (κ2) is 7.88. The summed E-state index contributed by atoms with van der Waals surface area (Å²) in [5.41, 5.74) is 2.13. The molecular weight excluding hydrogens is 414 g/mol. The first kappa shape index (κ1) is 20.9. The quantitative estimate of drug-likeness (QED) is 0.672. The Morgan fingerprint density at radius 1 is 1.25 bits per heavy atom. The van der Waals surface area contributed by atoms with Gasteiger partial charge in [0.15, 0.2) is 0 Å². The second-order valence-electron chi connectivity index (χ2n) is 9.19. The van der Waals surface area contributed by atoms with Crippen LogP contribution < -0.4 is 10.6 Å². The third-order valence-corrected chi connectivity index (χ3v) is 7.56. The summed E-state index contributed by atoms with van der Waals surface area (Å²) in [5.74, 6) is -0.965. The molecule has 32 heavy (non-hydrogen) atoms. The van der Waals surface area contributed by atoms with Gasteiger partial charge in [-0.3, -0.25) is 19.7 Å². The van der Waals surface area contributed by atoms with Crippen LogP contribution in [0.3, 0.4) is 0 Å². The second-order valence-corrected chi connectivity index (χ2v) is 9.19. The van der Waals surface area contributed by atoms with Gasteiger partial charge >= 0.3 is 6.09 Å². The standard InChI is InChI=1S/C23H27N3O6/c1-31-17-10-18(23(17)7-2-8-23)32-22(30)24-11-13-3-4-14-12-26(21(29)15(14)9-13)16-5-6-19(27)25-20(16)28/h3-4,9,16-18H,2,5-8,10-12H2,1H3,(H,24,30)(H,25,27,28). The Labute approximate surface area is 185 Å². The number of carbonyl (C=O) groups excluding carboxylic acids is 4. The van der Waals surface area contributed by atoms with E-state index in [1.807, 2.05) is 12.1 Å². The van der Waals surface area contributed by atoms with Gasteiger partial charge in [-0.1, -0.05) is 18.6 Å². The first-order chi connectivity index (χ1) is 15.4. The Morgan fingerprint density at radius 3 is 2.75 bits per heavy atom. The van der Waals surface area contributed by atoms with Gasteiger partial charge in [0.2, 0.25) is 11.8 Å². The maximum absolute atomic E-state index is 12.9. The molecule has 3 atom stereocenters. The van der Waals surface area contributed by atoms with E-state index in [2.05, 4.69) is 10.6 Å². The van der Waals surface area contributed by atoms with E-state index >= 15 is 0 Å². The van der Waals surface area contributed by atoms with Gasteiger partial charge < -0.3 is 19.7 Å². The zero-order chi connectivity index (χ0) is 22.5. The zero-order valence-corrected chi connectivity index (χ0v) is 18.0. The molecule has 2 aliphatic heterocycles. The molecule has 4 amide bonds. The molecule has 2 heterocycles. The fraction of sp³-hybridized carbons (Fsp3) is 0.565. The topological polar surface area (TPSA) is 114 Å². The van der Waals surface area contributed by atoms with Crippen LogP contribution in [-0.2, 0) is 32.2 Å². The number of rotatable bonds is 5. The smallest absolute Gasteiger partial charge is 0.407 e. The molecule has 1 aromatic rings. The van der Waals surface area contributed by atoms with Gasteiger partial charge in [0.05, 0.1) is 6.10 Å². The van der Waals surface area contributed by atoms with Gasteiger partial charge in [-0.25, -0.2) is 4.79 Å². The minimum Gasteiger partial charge on any atom is -0.445 e. The first-order valence-corrected chi connectivity index (χ1v) is 11.1. The molecule has 170 valence electrons. The summed E-state index contributed by atoms with van der Waals surface area (Å²) in [7, 11) is 1.71. The first-order valence-electron chi connectivity index (χ1n) is 11.1. The number of benzene rings is 1. The maximum Gasteiger partial charge on any atom is 0.407 e. The van der Waals surface area contributed by atoms with Crippen molar-refractivity contribution < 1.29 is 28.7 Å². The molecule has 1 aromatic carbocycles. The highest BCUT2D eigenvalue weighted by atomic mass is 16.6. The van der Waals surface area contributed by atoms with Crippen molar-refractivity contribution in [3.63, 3.8) is 0 Å². The van der Waals surface area contributed by atoms with Crippen molar-refractivity contribution in [2.45, 2.75) is 69.9 Å². The van der Waals surface area contributed by atoms with Crippen LogP contribution in [0.25, 0.3) is 0 Å². The third kappa shape index (κ3) is 3.35. The van der Waals surface area contributed by atoms with Crippen molar-refractivity contribution in [1.29, 1.82) is 0 Å². The minimum absolute atomic E-state index is 0.00837. The number of fused-ring (bicyclic) bond motifs is 1. The summed E-state index contributed by atoms with van der Waals surface area (Å²) in [5, 5.41) is 5.08. The van der Waals surface area contributed by atoms with Crippen LogP contribution in [0.1, 0.15) is 60.0 Å². The number of methoxy groups -OCH3 is 1. The van der Waals surface area contributed by atoms with Crippen molar-refractivity contribution in [3.8, 4) is 0 Å². The highest BCUT2D eigenvalue weighted by Gasteiger charge is 2.60. The Balaban J connectivity index is 1.18. The molecule has 1 spiro atoms. The van der Waals surface area contributed by atoms with Crippen molar-refractivity contribution in [1.82, 2.24) is 15.5 Å². The molecule has 9 nitrogen and oxygen atoms in total. The van der Waals surface area contributed by atoms with E-state index in [1.165, 1.54) is 4.90 Å². The molecule has 0 bridgehead atoms. The van der Waals surface area contributed by atoms with E-state index in [4.69, 9.17) is 9.47 Å². The van der Waals surface area contributed by atoms with Gasteiger partial charge in [-0.15, -0.1) is 0 Å². The molecule has 0 radical (unpaired) electrons. The van der Waals surface area contributed by atoms with Gasteiger partial charge in [-0.05, 0) is 36.5 Å². The number of piperidine rings is 1. The van der Waals surface area contributed by atoms with E-state index in [0.717, 1.165) is 36.8 Å². The summed E-state index contributed by atoms with van der Waals surface area (Å²) >= 11 is 0. The van der Waals surface area contributed by atoms with Crippen molar-refractivity contribution in [2.24, 2.45) is 5.41 Å². The number of alkyl carbamates (subject to hydrolysis) is 1. The number of carbonyl (C=O) groups is 4. The van der Waals surface area contributed by atoms with E-state index < -0.39 is 18.0 Å². The Morgan fingerprint density at radius 2 is 2.06 bits per heavy atom. The highest BCUT2D eigenvalue weighted by Crippen LogP contribution is 2.58. The zero-order valence-electron chi connectivity index (χ0n) is 18.0. The van der Waals surface area contributed by atoms with Crippen LogP contribution in [0.5, 0.6) is 0 Å². The highest BCUT2D eigenvalue weighted by molar-refractivity contribution is 6.05. The van der Waals surface area contributed by atoms with Crippen molar-refractivity contribution in [3.05, 3.63) is 34.9 Å². The molecule has 9 heteroatoms. The molecule has 2 N–H and O–H groups in total. The van der Waals surface area contributed by atoms with E-state index in [9.17, 15) is 19.2 Å². The van der Waals surface area contributed by atoms with Gasteiger partial charge in [0.25, 0.3) is 5.91 Å². The number of hydrogen-bond donors (Lipinski definition) is 2. The molecule has 2 aliphatic carbocycles. The lowest BCUT2D eigenvalue weighted by atomic mass is 9.52. The Hall–Kier alpha value is -2.94. The van der Waals surface area contributed by atoms with Gasteiger partial charge in [0, 0.05) is 44.0 Å². The molecule has 0 aromatic heterocycles. The summed E-state index contributed by atoms with van der Waals surface area (Å²) in [6.45, 7) is 0.575. The largest absolute Gasteiger partial charge is 0.445 e. The SMILES string of the molecule is COC1CC(OC(=O)NCc2ccc3c(c2)C(=O)N(C2CCC(=O)NC2=O)C3)C12CCC2. The Kier molecular flexibility index (Phi) is 5.16. The van der Waals surface area contributed by atoms with Crippen LogP contribution in [0, 0.1) is 5.41 Å². The van der Waals surface area contributed by atoms with E-state index in [0.29, 0.717) is 18.5 Å². The molecule has 3 fully saturated rings. The van der Waals surface area contributed by atoms with Crippen LogP contribution >= 0.6 is 0 Å². The predicted octanol–water partition coefficient (Wildman–Crippen LogP) is 1.63. The number of ether oxygens (including phenoxy) is 2. The van der Waals surface area contributed by atoms with Gasteiger partial charge in [-0.2, -0.15) is 0 Å². The molecular formula is C23H27N3O6. The molecule has 1 saturated heterocycles. The molecule has 3 unspecified atom stereocenters. The van der Waals surface area contributed by atoms with E-state index in [-0.39, 0.29) is 42.4 Å². The third-order valence-electron chi connectivity index (χ3n) is 7.56. The molecule has 4 aliphatic rings. The van der Waals surface area contributed by atoms with Crippen molar-refractivity contribution >= 4 is 23.8 Å². The summed E-state index contributed by atoms with van der Waals surface area (Å²) in [6, 6.07) is 4.82. The Bertz CT molecular complexity index is 988. The maximum atomic E-state index is 12.9. The number of nitrogens with one attached hydrogen (secondary N) is 2. The van der Waals surface area contributed by atoms with Crippen LogP contribution in [-0.4, -0.2) is 54.1 Å². The number of nitrogens with zero attached hydrogens (tertiary/aromatic N) is 1. The molecule has 2 saturated carbocycles. The van der Waals surface area contributed by atoms with Crippen LogP contribution in [0.15, 0.2) is 18.2 Å². The lowest BCUT2D eigenvalue weighted by Crippen LogP contribution is -2.63. The van der Waals surface area contributed by atoms with Gasteiger partial charge in [0.1, 0.15) is 12.1 Å². The minimum atomic E-state index is -0.638.